The van der Waals surface area contributed by atoms with Crippen LogP contribution in [-0.4, -0.2) is 89.0 Å². The molecular weight excluding hydrogens is 588 g/mol. The van der Waals surface area contributed by atoms with E-state index in [4.69, 9.17) is 15.2 Å². The molecule has 3 aromatic rings. The van der Waals surface area contributed by atoms with Crippen LogP contribution in [0.3, 0.4) is 0 Å². The number of nitro benzene ring substituents is 1. The SMILES string of the molecule is Nc1nc(C#CCC2CCN(C(=O)OCc3ccc([N+](=O)[O-])cc3)CC2)nc2c1ncn2[C@@H]1O[C@H](C(=O)NC2CC2)C(O)C1O. The summed E-state index contributed by atoms with van der Waals surface area (Å²) < 4.78 is 12.5. The van der Waals surface area contributed by atoms with E-state index < -0.39 is 41.5 Å². The van der Waals surface area contributed by atoms with Crippen molar-refractivity contribution in [2.75, 3.05) is 18.8 Å². The Morgan fingerprint density at radius 1 is 1.13 bits per heavy atom. The molecule has 45 heavy (non-hydrogen) atoms. The van der Waals surface area contributed by atoms with E-state index in [1.165, 1.54) is 23.0 Å². The monoisotopic (exact) mass is 620 g/mol. The third-order valence-corrected chi connectivity index (χ3v) is 8.12. The number of ether oxygens (including phenoxy) is 2. The third kappa shape index (κ3) is 6.65. The van der Waals surface area contributed by atoms with Gasteiger partial charge in [-0.1, -0.05) is 5.92 Å². The standard InChI is InChI=1S/C29H32N8O8/c30-25-21-26(36(15-31-21)28-23(39)22(38)24(45-28)27(40)32-18-6-7-18)34-20(33-25)3-1-2-16-10-12-35(13-11-16)29(41)44-14-17-4-8-19(9-5-17)37(42)43/h4-5,8-9,15-16,18,22-24,28,38-39H,2,6-7,10-14H2,(H,32,40)(H2,30,33,34)/t22?,23?,24-,28+/m0/s1. The number of hydrogen-bond acceptors (Lipinski definition) is 12. The largest absolute Gasteiger partial charge is 0.445 e. The molecule has 0 bridgehead atoms. The number of nitrogens with one attached hydrogen (secondary N) is 1. The van der Waals surface area contributed by atoms with Crippen molar-refractivity contribution in [1.82, 2.24) is 29.7 Å². The van der Waals surface area contributed by atoms with E-state index in [1.54, 1.807) is 17.0 Å². The number of aromatic nitrogens is 4. The van der Waals surface area contributed by atoms with Crippen LogP contribution in [0.25, 0.3) is 11.2 Å². The van der Waals surface area contributed by atoms with Crippen LogP contribution < -0.4 is 11.1 Å². The number of fused-ring (bicyclic) bond motifs is 1. The van der Waals surface area contributed by atoms with Crippen molar-refractivity contribution in [3.63, 3.8) is 0 Å². The number of amides is 2. The highest BCUT2D eigenvalue weighted by Gasteiger charge is 2.48. The van der Waals surface area contributed by atoms with Gasteiger partial charge in [-0.05, 0) is 55.2 Å². The number of carbonyl (C=O) groups excluding carboxylic acids is 2. The lowest BCUT2D eigenvalue weighted by molar-refractivity contribution is -0.384. The Morgan fingerprint density at radius 2 is 1.87 bits per heavy atom. The fourth-order valence-electron chi connectivity index (χ4n) is 5.34. The topological polar surface area (TPSA) is 221 Å². The number of likely N-dealkylation sites (tertiary alicyclic amines) is 1. The quantitative estimate of drug-likeness (QED) is 0.165. The molecule has 0 radical (unpaired) electrons. The fourth-order valence-corrected chi connectivity index (χ4v) is 5.34. The number of benzene rings is 1. The Hall–Kier alpha value is -4.85. The Kier molecular flexibility index (Phi) is 8.48. The number of nitrogen functional groups attached to an aromatic ring is 1. The van der Waals surface area contributed by atoms with E-state index in [1.807, 2.05) is 0 Å². The zero-order valence-corrected chi connectivity index (χ0v) is 24.1. The van der Waals surface area contributed by atoms with Crippen LogP contribution in [0.5, 0.6) is 0 Å². The molecular formula is C29H32N8O8. The van der Waals surface area contributed by atoms with Crippen molar-refractivity contribution in [2.24, 2.45) is 5.92 Å². The second-order valence-electron chi connectivity index (χ2n) is 11.4. The first-order valence-corrected chi connectivity index (χ1v) is 14.6. The minimum atomic E-state index is -1.44. The van der Waals surface area contributed by atoms with Gasteiger partial charge in [-0.3, -0.25) is 19.5 Å². The molecule has 236 valence electrons. The molecule has 3 fully saturated rings. The minimum absolute atomic E-state index is 0.0252. The molecule has 2 aliphatic heterocycles. The lowest BCUT2D eigenvalue weighted by Gasteiger charge is -2.30. The lowest BCUT2D eigenvalue weighted by atomic mass is 9.94. The van der Waals surface area contributed by atoms with Gasteiger partial charge in [-0.2, -0.15) is 0 Å². The summed E-state index contributed by atoms with van der Waals surface area (Å²) in [7, 11) is 0. The van der Waals surface area contributed by atoms with E-state index in [0.29, 0.717) is 25.1 Å². The summed E-state index contributed by atoms with van der Waals surface area (Å²) in [4.78, 5) is 49.9. The number of carbonyl (C=O) groups is 2. The molecule has 2 amide bonds. The van der Waals surface area contributed by atoms with Crippen molar-refractivity contribution in [3.05, 3.63) is 52.1 Å². The maximum atomic E-state index is 12.5. The smallest absolute Gasteiger partial charge is 0.410 e. The number of aliphatic hydroxyl groups excluding tert-OH is 2. The van der Waals surface area contributed by atoms with Gasteiger partial charge in [0.15, 0.2) is 23.8 Å². The van der Waals surface area contributed by atoms with Crippen molar-refractivity contribution in [3.8, 4) is 11.8 Å². The molecule has 2 aromatic heterocycles. The van der Waals surface area contributed by atoms with E-state index in [9.17, 15) is 29.9 Å². The highest BCUT2D eigenvalue weighted by atomic mass is 16.6. The normalized spacial score (nSPS) is 23.4. The molecule has 4 heterocycles. The Balaban J connectivity index is 1.03. The van der Waals surface area contributed by atoms with Crippen LogP contribution in [0, 0.1) is 27.9 Å². The molecule has 2 unspecified atom stereocenters. The molecule has 3 aliphatic rings. The van der Waals surface area contributed by atoms with Gasteiger partial charge < -0.3 is 35.6 Å². The number of non-ortho nitro benzene ring substituents is 1. The van der Waals surface area contributed by atoms with Crippen molar-refractivity contribution in [1.29, 1.82) is 0 Å². The second kappa shape index (κ2) is 12.6. The van der Waals surface area contributed by atoms with Gasteiger partial charge in [0.05, 0.1) is 11.3 Å². The van der Waals surface area contributed by atoms with E-state index in [0.717, 1.165) is 25.7 Å². The first-order valence-electron chi connectivity index (χ1n) is 14.6. The zero-order valence-electron chi connectivity index (χ0n) is 24.1. The summed E-state index contributed by atoms with van der Waals surface area (Å²) >= 11 is 0. The summed E-state index contributed by atoms with van der Waals surface area (Å²) in [6.45, 7) is 1.04. The number of anilines is 1. The number of piperidine rings is 1. The van der Waals surface area contributed by atoms with Crippen LogP contribution in [0.1, 0.15) is 49.7 Å². The maximum absolute atomic E-state index is 12.5. The number of nitrogens with two attached hydrogens (primary N) is 1. The van der Waals surface area contributed by atoms with Gasteiger partial charge in [0.2, 0.25) is 5.82 Å². The highest BCUT2D eigenvalue weighted by Crippen LogP contribution is 2.33. The van der Waals surface area contributed by atoms with Gasteiger partial charge in [-0.25, -0.2) is 19.7 Å². The molecule has 1 saturated carbocycles. The summed E-state index contributed by atoms with van der Waals surface area (Å²) in [6.07, 6.45) is -0.559. The Morgan fingerprint density at radius 3 is 2.56 bits per heavy atom. The molecule has 6 rings (SSSR count). The summed E-state index contributed by atoms with van der Waals surface area (Å²) in [5.74, 6) is 6.01. The van der Waals surface area contributed by atoms with Gasteiger partial charge in [0.25, 0.3) is 11.6 Å². The molecule has 0 spiro atoms. The number of hydrogen-bond donors (Lipinski definition) is 4. The predicted molar refractivity (Wildman–Crippen MR) is 156 cm³/mol. The van der Waals surface area contributed by atoms with Crippen molar-refractivity contribution in [2.45, 2.75) is 69.3 Å². The van der Waals surface area contributed by atoms with Gasteiger partial charge >= 0.3 is 6.09 Å². The van der Waals surface area contributed by atoms with E-state index in [-0.39, 0.29) is 47.1 Å². The second-order valence-corrected chi connectivity index (χ2v) is 11.4. The first-order chi connectivity index (χ1) is 21.7. The molecule has 1 aliphatic carbocycles. The van der Waals surface area contributed by atoms with Crippen LogP contribution in [0.4, 0.5) is 16.3 Å². The molecule has 2 saturated heterocycles. The molecule has 4 atom stereocenters. The van der Waals surface area contributed by atoms with Gasteiger partial charge in [0.1, 0.15) is 24.3 Å². The summed E-state index contributed by atoms with van der Waals surface area (Å²) in [5.41, 5.74) is 7.26. The van der Waals surface area contributed by atoms with Crippen molar-refractivity contribution < 1.29 is 34.2 Å². The van der Waals surface area contributed by atoms with Crippen LogP contribution >= 0.6 is 0 Å². The van der Waals surface area contributed by atoms with E-state index in [2.05, 4.69) is 32.1 Å². The Labute approximate surface area is 256 Å². The number of aliphatic hydroxyl groups is 2. The average molecular weight is 621 g/mol. The number of nitrogens with zero attached hydrogens (tertiary/aromatic N) is 6. The van der Waals surface area contributed by atoms with Crippen LogP contribution in [0.15, 0.2) is 30.6 Å². The van der Waals surface area contributed by atoms with E-state index >= 15 is 0 Å². The number of rotatable bonds is 7. The maximum Gasteiger partial charge on any atom is 0.410 e. The number of imidazole rings is 1. The van der Waals surface area contributed by atoms with Crippen LogP contribution in [-0.2, 0) is 20.9 Å². The molecule has 1 aromatic carbocycles. The van der Waals surface area contributed by atoms with Crippen LogP contribution in [0.2, 0.25) is 0 Å². The highest BCUT2D eigenvalue weighted by molar-refractivity contribution is 5.83. The summed E-state index contributed by atoms with van der Waals surface area (Å²) in [6, 6.07) is 5.92. The van der Waals surface area contributed by atoms with Crippen molar-refractivity contribution >= 4 is 34.7 Å². The Bertz CT molecular complexity index is 1660. The van der Waals surface area contributed by atoms with Gasteiger partial charge in [0, 0.05) is 37.7 Å². The number of nitro groups is 1. The molecule has 16 nitrogen and oxygen atoms in total. The molecule has 5 N–H and O–H groups in total. The zero-order chi connectivity index (χ0) is 31.7. The fraction of sp³-hybridized carbons (Fsp3) is 0.483. The first kappa shape index (κ1) is 30.2. The lowest BCUT2D eigenvalue weighted by Crippen LogP contribution is -2.43. The predicted octanol–water partition coefficient (Wildman–Crippen LogP) is 1.00. The summed E-state index contributed by atoms with van der Waals surface area (Å²) in [5, 5.41) is 34.7. The van der Waals surface area contributed by atoms with Gasteiger partial charge in [-0.15, -0.1) is 0 Å². The average Bonchev–Trinajstić information content (AvgIpc) is 3.67. The third-order valence-electron chi connectivity index (χ3n) is 8.12. The minimum Gasteiger partial charge on any atom is -0.445 e. The molecule has 16 heteroatoms.